The van der Waals surface area contributed by atoms with Crippen LogP contribution in [-0.4, -0.2) is 58.8 Å². The van der Waals surface area contributed by atoms with Crippen LogP contribution in [0.25, 0.3) is 11.3 Å². The van der Waals surface area contributed by atoms with E-state index >= 15 is 0 Å². The number of benzene rings is 1. The van der Waals surface area contributed by atoms with Crippen LogP contribution in [0.4, 0.5) is 0 Å². The fourth-order valence-electron chi connectivity index (χ4n) is 7.04. The largest absolute Gasteiger partial charge is 0.481 e. The highest BCUT2D eigenvalue weighted by Gasteiger charge is 2.68. The highest BCUT2D eigenvalue weighted by Crippen LogP contribution is 2.65. The van der Waals surface area contributed by atoms with Crippen LogP contribution in [0.2, 0.25) is 0 Å². The van der Waals surface area contributed by atoms with Gasteiger partial charge in [-0.25, -0.2) is 4.98 Å². The average molecular weight is 548 g/mol. The number of carbonyl (C=O) groups is 2. The number of nitrogens with one attached hydrogen (secondary N) is 2. The first-order valence-corrected chi connectivity index (χ1v) is 14.5. The standard InChI is InChI=1S/C31H42BN3O5/c1-18(2)15-26(32-39-25-17-21-16-24(30(21,4)5)31(25,6)40-32)34-29(38)27(19(3)36)35-28(37)23-14-10-13-22(33-23)20-11-8-7-9-12-20/h7-14,18-19,21,24-27,36H,15-17H2,1-6H3,(H,34,38)(H,35,37). The van der Waals surface area contributed by atoms with Crippen molar-refractivity contribution in [1.29, 1.82) is 0 Å². The molecular formula is C31H42BN3O5. The molecule has 0 spiro atoms. The molecule has 6 rings (SSSR count). The van der Waals surface area contributed by atoms with Crippen molar-refractivity contribution >= 4 is 18.9 Å². The van der Waals surface area contributed by atoms with Crippen LogP contribution in [0, 0.1) is 23.2 Å². The smallest absolute Gasteiger partial charge is 0.404 e. The van der Waals surface area contributed by atoms with Crippen molar-refractivity contribution < 1.29 is 24.0 Å². The predicted octanol–water partition coefficient (Wildman–Crippen LogP) is 4.03. The average Bonchev–Trinajstić information content (AvgIpc) is 3.28. The van der Waals surface area contributed by atoms with E-state index in [1.54, 1.807) is 12.1 Å². The normalized spacial score (nSPS) is 28.7. The van der Waals surface area contributed by atoms with Crippen molar-refractivity contribution in [2.45, 2.75) is 90.6 Å². The summed E-state index contributed by atoms with van der Waals surface area (Å²) < 4.78 is 13.1. The third-order valence-corrected chi connectivity index (χ3v) is 9.45. The lowest BCUT2D eigenvalue weighted by atomic mass is 9.43. The summed E-state index contributed by atoms with van der Waals surface area (Å²) in [4.78, 5) is 31.2. The molecule has 0 radical (unpaired) electrons. The Labute approximate surface area is 237 Å². The minimum absolute atomic E-state index is 0.00364. The molecule has 2 bridgehead atoms. The number of pyridine rings is 1. The number of rotatable bonds is 9. The topological polar surface area (TPSA) is 110 Å². The zero-order valence-corrected chi connectivity index (χ0v) is 24.4. The quantitative estimate of drug-likeness (QED) is 0.409. The number of hydrogen-bond acceptors (Lipinski definition) is 6. The second-order valence-electron chi connectivity index (χ2n) is 13.0. The van der Waals surface area contributed by atoms with E-state index in [9.17, 15) is 14.7 Å². The summed E-state index contributed by atoms with van der Waals surface area (Å²) in [6.07, 6.45) is 1.61. The first-order valence-electron chi connectivity index (χ1n) is 14.5. The van der Waals surface area contributed by atoms with Crippen LogP contribution in [0.1, 0.15) is 71.3 Å². The van der Waals surface area contributed by atoms with Gasteiger partial charge >= 0.3 is 7.12 Å². The number of aromatic nitrogens is 1. The molecule has 7 atom stereocenters. The summed E-state index contributed by atoms with van der Waals surface area (Å²) in [6.45, 7) is 12.5. The van der Waals surface area contributed by atoms with Gasteiger partial charge in [-0.1, -0.05) is 64.1 Å². The van der Waals surface area contributed by atoms with Gasteiger partial charge in [0.1, 0.15) is 11.7 Å². The Bertz CT molecular complexity index is 1240. The van der Waals surface area contributed by atoms with E-state index in [2.05, 4.69) is 50.2 Å². The summed E-state index contributed by atoms with van der Waals surface area (Å²) in [5, 5.41) is 16.3. The fourth-order valence-corrected chi connectivity index (χ4v) is 7.04. The minimum atomic E-state index is -1.17. The number of hydrogen-bond donors (Lipinski definition) is 3. The van der Waals surface area contributed by atoms with Gasteiger partial charge in [-0.2, -0.15) is 0 Å². The molecule has 7 unspecified atom stereocenters. The number of nitrogens with zero attached hydrogens (tertiary/aromatic N) is 1. The second-order valence-corrected chi connectivity index (χ2v) is 13.0. The number of aliphatic hydroxyl groups is 1. The van der Waals surface area contributed by atoms with Gasteiger partial charge in [0, 0.05) is 5.56 Å². The first kappa shape index (κ1) is 28.8. The lowest BCUT2D eigenvalue weighted by molar-refractivity contribution is -0.199. The number of amides is 2. The van der Waals surface area contributed by atoms with Crippen LogP contribution >= 0.6 is 0 Å². The molecule has 8 nitrogen and oxygen atoms in total. The Balaban J connectivity index is 1.29. The molecule has 9 heteroatoms. The summed E-state index contributed by atoms with van der Waals surface area (Å²) in [5.41, 5.74) is 1.52. The predicted molar refractivity (Wildman–Crippen MR) is 154 cm³/mol. The van der Waals surface area contributed by atoms with Crippen molar-refractivity contribution in [2.75, 3.05) is 0 Å². The van der Waals surface area contributed by atoms with Gasteiger partial charge in [0.25, 0.3) is 5.91 Å². The molecule has 1 saturated heterocycles. The van der Waals surface area contributed by atoms with Gasteiger partial charge < -0.3 is 25.0 Å². The molecule has 1 aliphatic heterocycles. The monoisotopic (exact) mass is 547 g/mol. The highest BCUT2D eigenvalue weighted by atomic mass is 16.7. The van der Waals surface area contributed by atoms with E-state index in [1.807, 2.05) is 36.4 Å². The molecule has 2 aromatic rings. The maximum Gasteiger partial charge on any atom is 0.481 e. The van der Waals surface area contributed by atoms with Crippen molar-refractivity contribution in [3.63, 3.8) is 0 Å². The van der Waals surface area contributed by atoms with Crippen molar-refractivity contribution in [3.8, 4) is 11.3 Å². The third kappa shape index (κ3) is 5.31. The van der Waals surface area contributed by atoms with Gasteiger partial charge in [0.2, 0.25) is 5.91 Å². The Hall–Kier alpha value is -2.75. The van der Waals surface area contributed by atoms with Gasteiger partial charge in [0.05, 0.1) is 29.4 Å². The molecule has 1 aromatic carbocycles. The van der Waals surface area contributed by atoms with E-state index in [-0.39, 0.29) is 23.1 Å². The second kappa shape index (κ2) is 10.9. The maximum absolute atomic E-state index is 13.5. The van der Waals surface area contributed by atoms with Crippen molar-refractivity contribution in [2.24, 2.45) is 23.2 Å². The van der Waals surface area contributed by atoms with Gasteiger partial charge in [-0.3, -0.25) is 9.59 Å². The zero-order chi connectivity index (χ0) is 28.8. The highest BCUT2D eigenvalue weighted by molar-refractivity contribution is 6.48. The number of aliphatic hydroxyl groups excluding tert-OH is 1. The molecule has 40 heavy (non-hydrogen) atoms. The van der Waals surface area contributed by atoms with Crippen LogP contribution in [0.15, 0.2) is 48.5 Å². The van der Waals surface area contributed by atoms with E-state index in [1.165, 1.54) is 6.92 Å². The van der Waals surface area contributed by atoms with Gasteiger partial charge in [0.15, 0.2) is 0 Å². The number of carbonyl (C=O) groups excluding carboxylic acids is 2. The summed E-state index contributed by atoms with van der Waals surface area (Å²) in [6, 6.07) is 13.6. The summed E-state index contributed by atoms with van der Waals surface area (Å²) >= 11 is 0. The SMILES string of the molecule is CC(C)CC(NC(=O)C(NC(=O)c1cccc(-c2ccccc2)n1)C(C)O)B1OC2CC3CC(C3(C)C)C2(C)O1. The summed E-state index contributed by atoms with van der Waals surface area (Å²) in [5.74, 6) is -0.138. The van der Waals surface area contributed by atoms with Crippen LogP contribution in [0.5, 0.6) is 0 Å². The Morgan fingerprint density at radius 2 is 1.77 bits per heavy atom. The first-order chi connectivity index (χ1) is 18.9. The van der Waals surface area contributed by atoms with Crippen LogP contribution < -0.4 is 10.6 Å². The molecule has 4 fully saturated rings. The lowest BCUT2D eigenvalue weighted by Crippen LogP contribution is -2.65. The molecule has 1 aromatic heterocycles. The maximum atomic E-state index is 13.5. The molecule has 2 amide bonds. The van der Waals surface area contributed by atoms with Crippen LogP contribution in [-0.2, 0) is 14.1 Å². The Morgan fingerprint density at radius 1 is 1.05 bits per heavy atom. The Kier molecular flexibility index (Phi) is 7.85. The molecule has 4 aliphatic rings. The van der Waals surface area contributed by atoms with Gasteiger partial charge in [-0.05, 0) is 68.4 Å². The van der Waals surface area contributed by atoms with E-state index in [4.69, 9.17) is 9.31 Å². The van der Waals surface area contributed by atoms with Gasteiger partial charge in [-0.15, -0.1) is 0 Å². The Morgan fingerprint density at radius 3 is 2.42 bits per heavy atom. The zero-order valence-electron chi connectivity index (χ0n) is 24.4. The van der Waals surface area contributed by atoms with E-state index < -0.39 is 42.6 Å². The molecule has 3 N–H and O–H groups in total. The minimum Gasteiger partial charge on any atom is -0.404 e. The summed E-state index contributed by atoms with van der Waals surface area (Å²) in [7, 11) is -0.592. The van der Waals surface area contributed by atoms with E-state index in [0.717, 1.165) is 18.4 Å². The van der Waals surface area contributed by atoms with Crippen LogP contribution in [0.3, 0.4) is 0 Å². The lowest BCUT2D eigenvalue weighted by Gasteiger charge is -2.64. The molecule has 3 aliphatic carbocycles. The molecular weight excluding hydrogens is 505 g/mol. The third-order valence-electron chi connectivity index (χ3n) is 9.45. The van der Waals surface area contributed by atoms with Crippen molar-refractivity contribution in [3.05, 3.63) is 54.2 Å². The molecule has 3 saturated carbocycles. The molecule has 214 valence electrons. The van der Waals surface area contributed by atoms with E-state index in [0.29, 0.717) is 24.0 Å². The fraction of sp³-hybridized carbons (Fsp3) is 0.581. The molecule has 2 heterocycles. The van der Waals surface area contributed by atoms with Crippen molar-refractivity contribution in [1.82, 2.24) is 15.6 Å².